The Morgan fingerprint density at radius 1 is 1.07 bits per heavy atom. The molecule has 2 fully saturated rings. The van der Waals surface area contributed by atoms with Gasteiger partial charge >= 0.3 is 0 Å². The molecule has 8 nitrogen and oxygen atoms in total. The Morgan fingerprint density at radius 3 is 2.55 bits per heavy atom. The number of phenols is 1. The van der Waals surface area contributed by atoms with E-state index in [0.717, 1.165) is 37.3 Å². The average molecular weight is 390 g/mol. The lowest BCUT2D eigenvalue weighted by Crippen LogP contribution is -2.54. The second-order valence-corrected chi connectivity index (χ2v) is 7.63. The molecule has 1 aromatic carbocycles. The molecule has 8 heteroatoms. The van der Waals surface area contributed by atoms with E-state index in [-0.39, 0.29) is 11.3 Å². The molecule has 29 heavy (non-hydrogen) atoms. The number of fused-ring (bicyclic) bond motifs is 2. The van der Waals surface area contributed by atoms with Crippen LogP contribution in [0.3, 0.4) is 0 Å². The summed E-state index contributed by atoms with van der Waals surface area (Å²) in [6.45, 7) is 1.58. The third kappa shape index (κ3) is 3.06. The third-order valence-electron chi connectivity index (χ3n) is 5.86. The van der Waals surface area contributed by atoms with Gasteiger partial charge in [0.2, 0.25) is 5.56 Å². The van der Waals surface area contributed by atoms with Gasteiger partial charge in [-0.15, -0.1) is 10.2 Å². The van der Waals surface area contributed by atoms with E-state index in [1.807, 2.05) is 24.3 Å². The molecule has 3 aromatic rings. The smallest absolute Gasteiger partial charge is 0.249 e. The van der Waals surface area contributed by atoms with E-state index in [4.69, 9.17) is 5.73 Å². The van der Waals surface area contributed by atoms with Crippen molar-refractivity contribution in [2.75, 3.05) is 28.6 Å². The number of pyridine rings is 1. The zero-order valence-electron chi connectivity index (χ0n) is 15.8. The molecule has 0 saturated carbocycles. The molecule has 2 aromatic heterocycles. The van der Waals surface area contributed by atoms with Gasteiger partial charge in [-0.1, -0.05) is 12.1 Å². The molecular formula is C21H22N6O2. The van der Waals surface area contributed by atoms with Crippen LogP contribution in [0.25, 0.3) is 11.3 Å². The lowest BCUT2D eigenvalue weighted by Gasteiger charge is -2.43. The molecule has 2 atom stereocenters. The van der Waals surface area contributed by atoms with E-state index in [1.54, 1.807) is 24.4 Å². The van der Waals surface area contributed by atoms with Gasteiger partial charge in [-0.2, -0.15) is 0 Å². The minimum Gasteiger partial charge on any atom is -0.507 e. The number of piperazine rings is 1. The molecule has 2 aliphatic rings. The number of aromatic hydroxyl groups is 1. The number of phenolic OH excluding ortho intramolecular Hbond substituents is 1. The van der Waals surface area contributed by atoms with Gasteiger partial charge in [0.25, 0.3) is 0 Å². The zero-order valence-corrected chi connectivity index (χ0v) is 15.8. The number of anilines is 3. The van der Waals surface area contributed by atoms with Crippen LogP contribution in [0.4, 0.5) is 17.2 Å². The van der Waals surface area contributed by atoms with Crippen molar-refractivity contribution in [3.8, 4) is 17.0 Å². The molecule has 148 valence electrons. The summed E-state index contributed by atoms with van der Waals surface area (Å²) in [5.41, 5.74) is 9.12. The number of nitrogens with one attached hydrogen (secondary N) is 1. The predicted octanol–water partition coefficient (Wildman–Crippen LogP) is 1.98. The fourth-order valence-electron chi connectivity index (χ4n) is 4.58. The number of aromatic amines is 1. The van der Waals surface area contributed by atoms with Crippen molar-refractivity contribution in [2.45, 2.75) is 24.9 Å². The standard InChI is InChI=1S/C21H22N6O2/c22-21-18(10-17(24-25-21)16-3-1-2-4-19(16)28)26-11-14-5-6-15(12-26)27(14)13-7-8-23-20(29)9-13/h1-4,7-10,14-15,28H,5-6,11-12H2,(H2,22,25)(H,23,29). The summed E-state index contributed by atoms with van der Waals surface area (Å²) < 4.78 is 0. The number of hydrogen-bond donors (Lipinski definition) is 3. The van der Waals surface area contributed by atoms with Crippen LogP contribution in [0.15, 0.2) is 53.5 Å². The van der Waals surface area contributed by atoms with Crippen LogP contribution in [-0.4, -0.2) is 45.5 Å². The number of nitrogens with zero attached hydrogens (tertiary/aromatic N) is 4. The van der Waals surface area contributed by atoms with Gasteiger partial charge in [0.1, 0.15) is 5.75 Å². The van der Waals surface area contributed by atoms with Gasteiger partial charge in [-0.25, -0.2) is 0 Å². The Morgan fingerprint density at radius 2 is 1.83 bits per heavy atom. The molecule has 2 saturated heterocycles. The average Bonchev–Trinajstić information content (AvgIpc) is 2.98. The minimum absolute atomic E-state index is 0.0841. The monoisotopic (exact) mass is 390 g/mol. The van der Waals surface area contributed by atoms with Crippen LogP contribution < -0.4 is 21.1 Å². The SMILES string of the molecule is Nc1nnc(-c2ccccc2O)cc1N1CC2CCC(C1)N2c1cc[nH]c(=O)c1. The first-order chi connectivity index (χ1) is 14.1. The molecule has 0 amide bonds. The Labute approximate surface area is 167 Å². The van der Waals surface area contributed by atoms with Crippen LogP contribution in [0, 0.1) is 0 Å². The van der Waals surface area contributed by atoms with Crippen LogP contribution in [0.5, 0.6) is 5.75 Å². The van der Waals surface area contributed by atoms with Crippen molar-refractivity contribution >= 4 is 17.2 Å². The number of nitrogens with two attached hydrogens (primary N) is 1. The van der Waals surface area contributed by atoms with Gasteiger partial charge in [0, 0.05) is 48.7 Å². The molecular weight excluding hydrogens is 368 g/mol. The van der Waals surface area contributed by atoms with E-state index in [1.165, 1.54) is 0 Å². The Hall–Kier alpha value is -3.55. The number of aromatic nitrogens is 3. The Bertz CT molecular complexity index is 1100. The second-order valence-electron chi connectivity index (χ2n) is 7.63. The minimum atomic E-state index is -0.0841. The number of benzene rings is 1. The molecule has 0 aliphatic carbocycles. The van der Waals surface area contributed by atoms with Gasteiger partial charge < -0.3 is 25.6 Å². The van der Waals surface area contributed by atoms with Crippen LogP contribution in [-0.2, 0) is 0 Å². The van der Waals surface area contributed by atoms with Crippen LogP contribution in [0.2, 0.25) is 0 Å². The van der Waals surface area contributed by atoms with Crippen molar-refractivity contribution in [1.82, 2.24) is 15.2 Å². The lowest BCUT2D eigenvalue weighted by molar-refractivity contribution is 0.477. The Kier molecular flexibility index (Phi) is 4.12. The summed E-state index contributed by atoms with van der Waals surface area (Å²) in [5.74, 6) is 0.546. The maximum atomic E-state index is 11.8. The van der Waals surface area contributed by atoms with Crippen molar-refractivity contribution in [1.29, 1.82) is 0 Å². The summed E-state index contributed by atoms with van der Waals surface area (Å²) in [7, 11) is 0. The number of nitrogen functional groups attached to an aromatic ring is 1. The molecule has 4 heterocycles. The van der Waals surface area contributed by atoms with Gasteiger partial charge in [-0.05, 0) is 37.1 Å². The highest BCUT2D eigenvalue weighted by Crippen LogP contribution is 2.38. The topological polar surface area (TPSA) is 111 Å². The van der Waals surface area contributed by atoms with Crippen molar-refractivity contribution in [3.05, 3.63) is 59.0 Å². The van der Waals surface area contributed by atoms with E-state index in [9.17, 15) is 9.90 Å². The van der Waals surface area contributed by atoms with E-state index in [2.05, 4.69) is 25.0 Å². The van der Waals surface area contributed by atoms with Gasteiger partial charge in [0.05, 0.1) is 11.4 Å². The number of para-hydroxylation sites is 1. The summed E-state index contributed by atoms with van der Waals surface area (Å²) in [5, 5.41) is 18.5. The number of H-pyrrole nitrogens is 1. The van der Waals surface area contributed by atoms with E-state index >= 15 is 0 Å². The molecule has 2 aliphatic heterocycles. The van der Waals surface area contributed by atoms with Crippen molar-refractivity contribution < 1.29 is 5.11 Å². The second kappa shape index (κ2) is 6.80. The van der Waals surface area contributed by atoms with Crippen molar-refractivity contribution in [2.24, 2.45) is 0 Å². The normalized spacial score (nSPS) is 20.8. The fourth-order valence-corrected chi connectivity index (χ4v) is 4.58. The van der Waals surface area contributed by atoms with Gasteiger partial charge in [0.15, 0.2) is 5.82 Å². The first-order valence-corrected chi connectivity index (χ1v) is 9.74. The Balaban J connectivity index is 1.46. The van der Waals surface area contributed by atoms with Gasteiger partial charge in [-0.3, -0.25) is 4.79 Å². The van der Waals surface area contributed by atoms with Crippen LogP contribution in [0.1, 0.15) is 12.8 Å². The summed E-state index contributed by atoms with van der Waals surface area (Å²) in [6, 6.07) is 13.2. The maximum Gasteiger partial charge on any atom is 0.249 e. The van der Waals surface area contributed by atoms with Crippen molar-refractivity contribution in [3.63, 3.8) is 0 Å². The largest absolute Gasteiger partial charge is 0.507 e. The first-order valence-electron chi connectivity index (χ1n) is 9.74. The number of rotatable bonds is 3. The maximum absolute atomic E-state index is 11.8. The molecule has 2 unspecified atom stereocenters. The zero-order chi connectivity index (χ0) is 20.0. The lowest BCUT2D eigenvalue weighted by atomic mass is 10.1. The van der Waals surface area contributed by atoms with E-state index < -0.39 is 0 Å². The van der Waals surface area contributed by atoms with Crippen LogP contribution >= 0.6 is 0 Å². The quantitative estimate of drug-likeness (QED) is 0.627. The highest BCUT2D eigenvalue weighted by molar-refractivity contribution is 5.74. The molecule has 0 radical (unpaired) electrons. The predicted molar refractivity (Wildman–Crippen MR) is 112 cm³/mol. The fraction of sp³-hybridized carbons (Fsp3) is 0.286. The highest BCUT2D eigenvalue weighted by atomic mass is 16.3. The summed E-state index contributed by atoms with van der Waals surface area (Å²) in [4.78, 5) is 19.0. The highest BCUT2D eigenvalue weighted by Gasteiger charge is 2.40. The molecule has 2 bridgehead atoms. The molecule has 0 spiro atoms. The van der Waals surface area contributed by atoms with E-state index in [0.29, 0.717) is 29.2 Å². The summed E-state index contributed by atoms with van der Waals surface area (Å²) in [6.07, 6.45) is 3.84. The summed E-state index contributed by atoms with van der Waals surface area (Å²) >= 11 is 0. The third-order valence-corrected chi connectivity index (χ3v) is 5.86. The molecule has 4 N–H and O–H groups in total. The number of hydrogen-bond acceptors (Lipinski definition) is 7. The first kappa shape index (κ1) is 17.5. The molecule has 5 rings (SSSR count).